The quantitative estimate of drug-likeness (QED) is 0.588. The third-order valence-corrected chi connectivity index (χ3v) is 4.34. The van der Waals surface area contributed by atoms with Crippen LogP contribution in [0.4, 0.5) is 10.5 Å². The second-order valence-electron chi connectivity index (χ2n) is 6.59. The lowest BCUT2D eigenvalue weighted by Gasteiger charge is -2.10. The molecule has 3 rings (SSSR count). The number of hydrogen-bond acceptors (Lipinski definition) is 5. The number of anilines is 1. The van der Waals surface area contributed by atoms with Crippen LogP contribution in [-0.2, 0) is 23.2 Å². The molecule has 8 nitrogen and oxygen atoms in total. The highest BCUT2D eigenvalue weighted by Crippen LogP contribution is 2.22. The Morgan fingerprint density at radius 2 is 1.63 bits per heavy atom. The molecule has 0 spiro atoms. The van der Waals surface area contributed by atoms with Crippen LogP contribution in [0.2, 0.25) is 0 Å². The Morgan fingerprint density at radius 1 is 1.00 bits per heavy atom. The van der Waals surface area contributed by atoms with Gasteiger partial charge in [0.15, 0.2) is 0 Å². The van der Waals surface area contributed by atoms with Crippen molar-refractivity contribution in [2.24, 2.45) is 7.05 Å². The van der Waals surface area contributed by atoms with E-state index in [2.05, 4.69) is 15.7 Å². The number of amides is 2. The topological polar surface area (TPSA) is 102 Å². The van der Waals surface area contributed by atoms with E-state index < -0.39 is 12.0 Å². The fourth-order valence-electron chi connectivity index (χ4n) is 2.90. The van der Waals surface area contributed by atoms with E-state index in [0.29, 0.717) is 16.9 Å². The number of aryl methyl sites for hydroxylation is 2. The molecule has 2 N–H and O–H groups in total. The van der Waals surface area contributed by atoms with Gasteiger partial charge >= 0.3 is 6.09 Å². The van der Waals surface area contributed by atoms with E-state index in [-0.39, 0.29) is 24.6 Å². The van der Waals surface area contributed by atoms with Crippen LogP contribution < -0.4 is 10.6 Å². The maximum Gasteiger partial charge on any atom is 0.407 e. The number of carbonyl (C=O) groups is 3. The third-order valence-electron chi connectivity index (χ3n) is 4.34. The SMILES string of the molecule is Cc1nn(C)c(C(=O)c2ccccc2)c1NC(=O)CNC(=O)OCc1ccccc1. The monoisotopic (exact) mass is 406 g/mol. The van der Waals surface area contributed by atoms with Crippen LogP contribution in [0.15, 0.2) is 60.7 Å². The fourth-order valence-corrected chi connectivity index (χ4v) is 2.90. The summed E-state index contributed by atoms with van der Waals surface area (Å²) in [6, 6.07) is 17.9. The molecule has 1 aromatic heterocycles. The van der Waals surface area contributed by atoms with E-state index >= 15 is 0 Å². The van der Waals surface area contributed by atoms with E-state index in [9.17, 15) is 14.4 Å². The molecule has 0 aliphatic rings. The summed E-state index contributed by atoms with van der Waals surface area (Å²) in [7, 11) is 1.64. The van der Waals surface area contributed by atoms with Crippen molar-refractivity contribution < 1.29 is 19.1 Å². The van der Waals surface area contributed by atoms with E-state index in [4.69, 9.17) is 4.74 Å². The van der Waals surface area contributed by atoms with E-state index in [1.165, 1.54) is 4.68 Å². The largest absolute Gasteiger partial charge is 0.445 e. The molecule has 0 fully saturated rings. The van der Waals surface area contributed by atoms with Gasteiger partial charge in [0.25, 0.3) is 0 Å². The first-order chi connectivity index (χ1) is 14.5. The normalized spacial score (nSPS) is 10.3. The smallest absolute Gasteiger partial charge is 0.407 e. The first-order valence-corrected chi connectivity index (χ1v) is 9.33. The molecule has 0 aliphatic carbocycles. The van der Waals surface area contributed by atoms with Crippen LogP contribution >= 0.6 is 0 Å². The number of benzene rings is 2. The van der Waals surface area contributed by atoms with E-state index in [0.717, 1.165) is 5.56 Å². The van der Waals surface area contributed by atoms with Crippen molar-refractivity contribution in [3.63, 3.8) is 0 Å². The summed E-state index contributed by atoms with van der Waals surface area (Å²) in [6.45, 7) is 1.49. The van der Waals surface area contributed by atoms with Gasteiger partial charge in [0.2, 0.25) is 11.7 Å². The summed E-state index contributed by atoms with van der Waals surface area (Å²) in [5, 5.41) is 9.30. The van der Waals surface area contributed by atoms with Crippen LogP contribution in [0.5, 0.6) is 0 Å². The molecular weight excluding hydrogens is 384 g/mol. The van der Waals surface area contributed by atoms with Gasteiger partial charge in [-0.15, -0.1) is 0 Å². The molecule has 2 aromatic carbocycles. The maximum absolute atomic E-state index is 12.9. The Hall–Kier alpha value is -3.94. The maximum atomic E-state index is 12.9. The van der Waals surface area contributed by atoms with Crippen LogP contribution in [-0.4, -0.2) is 34.1 Å². The molecular formula is C22H22N4O4. The molecule has 3 aromatic rings. The van der Waals surface area contributed by atoms with Gasteiger partial charge in [-0.25, -0.2) is 4.79 Å². The highest BCUT2D eigenvalue weighted by Gasteiger charge is 2.23. The number of ether oxygens (including phenoxy) is 1. The van der Waals surface area contributed by atoms with Gasteiger partial charge in [-0.2, -0.15) is 5.10 Å². The molecule has 30 heavy (non-hydrogen) atoms. The van der Waals surface area contributed by atoms with Crippen molar-refractivity contribution in [3.05, 3.63) is 83.2 Å². The summed E-state index contributed by atoms with van der Waals surface area (Å²) in [6.07, 6.45) is -0.711. The minimum atomic E-state index is -0.711. The van der Waals surface area contributed by atoms with Gasteiger partial charge < -0.3 is 15.4 Å². The molecule has 8 heteroatoms. The van der Waals surface area contributed by atoms with Gasteiger partial charge in [-0.3, -0.25) is 14.3 Å². The van der Waals surface area contributed by atoms with Crippen molar-refractivity contribution in [3.8, 4) is 0 Å². The van der Waals surface area contributed by atoms with Gasteiger partial charge in [-0.1, -0.05) is 60.7 Å². The Balaban J connectivity index is 1.60. The standard InChI is InChI=1S/C22H22N4O4/c1-15-19(20(26(2)25-15)21(28)17-11-7-4-8-12-17)24-18(27)13-23-22(29)30-14-16-9-5-3-6-10-16/h3-12H,13-14H2,1-2H3,(H,23,29)(H,24,27). The minimum absolute atomic E-state index is 0.103. The predicted octanol–water partition coefficient (Wildman–Crippen LogP) is 2.82. The number of aromatic nitrogens is 2. The second kappa shape index (κ2) is 9.51. The Bertz CT molecular complexity index is 1050. The summed E-state index contributed by atoms with van der Waals surface area (Å²) in [5.74, 6) is -0.755. The first-order valence-electron chi connectivity index (χ1n) is 9.33. The summed E-state index contributed by atoms with van der Waals surface area (Å²) in [5.41, 5.74) is 2.40. The average molecular weight is 406 g/mol. The van der Waals surface area contributed by atoms with Crippen molar-refractivity contribution in [2.45, 2.75) is 13.5 Å². The van der Waals surface area contributed by atoms with Gasteiger partial charge in [-0.05, 0) is 12.5 Å². The first kappa shape index (κ1) is 20.8. The molecule has 0 atom stereocenters. The zero-order valence-corrected chi connectivity index (χ0v) is 16.7. The summed E-state index contributed by atoms with van der Waals surface area (Å²) < 4.78 is 6.51. The Labute approximate surface area is 173 Å². The molecule has 0 bridgehead atoms. The van der Waals surface area contributed by atoms with Crippen LogP contribution in [0, 0.1) is 6.92 Å². The van der Waals surface area contributed by atoms with Gasteiger partial charge in [0.05, 0.1) is 11.4 Å². The average Bonchev–Trinajstić information content (AvgIpc) is 3.04. The summed E-state index contributed by atoms with van der Waals surface area (Å²) >= 11 is 0. The van der Waals surface area contributed by atoms with Crippen LogP contribution in [0.1, 0.15) is 27.3 Å². The van der Waals surface area contributed by atoms with Gasteiger partial charge in [0.1, 0.15) is 18.8 Å². The molecule has 1 heterocycles. The minimum Gasteiger partial charge on any atom is -0.445 e. The van der Waals surface area contributed by atoms with Crippen molar-refractivity contribution in [2.75, 3.05) is 11.9 Å². The van der Waals surface area contributed by atoms with Crippen molar-refractivity contribution in [1.29, 1.82) is 0 Å². The zero-order chi connectivity index (χ0) is 21.5. The van der Waals surface area contributed by atoms with Crippen molar-refractivity contribution in [1.82, 2.24) is 15.1 Å². The molecule has 0 aliphatic heterocycles. The lowest BCUT2D eigenvalue weighted by molar-refractivity contribution is -0.115. The predicted molar refractivity (Wildman–Crippen MR) is 111 cm³/mol. The number of hydrogen-bond donors (Lipinski definition) is 2. The van der Waals surface area contributed by atoms with E-state index in [1.54, 1.807) is 38.2 Å². The van der Waals surface area contributed by atoms with Gasteiger partial charge in [0, 0.05) is 12.6 Å². The lowest BCUT2D eigenvalue weighted by Crippen LogP contribution is -2.33. The molecule has 2 amide bonds. The lowest BCUT2D eigenvalue weighted by atomic mass is 10.1. The second-order valence-corrected chi connectivity index (χ2v) is 6.59. The Morgan fingerprint density at radius 3 is 2.30 bits per heavy atom. The number of rotatable bonds is 7. The molecule has 0 unspecified atom stereocenters. The molecule has 0 radical (unpaired) electrons. The Kier molecular flexibility index (Phi) is 6.59. The zero-order valence-electron chi connectivity index (χ0n) is 16.7. The van der Waals surface area contributed by atoms with Crippen LogP contribution in [0.3, 0.4) is 0 Å². The fraction of sp³-hybridized carbons (Fsp3) is 0.182. The number of ketones is 1. The number of alkyl carbamates (subject to hydrolysis) is 1. The number of nitrogens with one attached hydrogen (secondary N) is 2. The highest BCUT2D eigenvalue weighted by molar-refractivity contribution is 6.13. The summed E-state index contributed by atoms with van der Waals surface area (Å²) in [4.78, 5) is 37.0. The number of carbonyl (C=O) groups excluding carboxylic acids is 3. The molecule has 0 saturated carbocycles. The molecule has 154 valence electrons. The van der Waals surface area contributed by atoms with Crippen molar-refractivity contribution >= 4 is 23.5 Å². The van der Waals surface area contributed by atoms with E-state index in [1.807, 2.05) is 36.4 Å². The number of nitrogens with zero attached hydrogens (tertiary/aromatic N) is 2. The van der Waals surface area contributed by atoms with Crippen LogP contribution in [0.25, 0.3) is 0 Å². The third kappa shape index (κ3) is 5.11. The molecule has 0 saturated heterocycles. The highest BCUT2D eigenvalue weighted by atomic mass is 16.5.